The molecule has 1 unspecified atom stereocenters. The van der Waals surface area contributed by atoms with Gasteiger partial charge in [0.05, 0.1) is 19.8 Å². The molecule has 0 spiro atoms. The van der Waals surface area contributed by atoms with Gasteiger partial charge in [-0.1, -0.05) is 42.5 Å². The van der Waals surface area contributed by atoms with Crippen LogP contribution in [-0.4, -0.2) is 58.2 Å². The molecule has 2 aromatic rings. The highest BCUT2D eigenvalue weighted by Gasteiger charge is 2.24. The summed E-state index contributed by atoms with van der Waals surface area (Å²) in [6.45, 7) is 3.21. The van der Waals surface area contributed by atoms with Crippen LogP contribution in [0.4, 0.5) is 0 Å². The first-order valence-electron chi connectivity index (χ1n) is 11.3. The van der Waals surface area contributed by atoms with Crippen molar-refractivity contribution in [2.75, 3.05) is 46.1 Å². The minimum Gasteiger partial charge on any atom is -0.459 e. The predicted molar refractivity (Wildman–Crippen MR) is 123 cm³/mol. The van der Waals surface area contributed by atoms with Gasteiger partial charge in [0.2, 0.25) is 0 Å². The van der Waals surface area contributed by atoms with Crippen LogP contribution in [0.2, 0.25) is 0 Å². The van der Waals surface area contributed by atoms with Crippen LogP contribution in [0.1, 0.15) is 29.5 Å². The fourth-order valence-electron chi connectivity index (χ4n) is 3.69. The van der Waals surface area contributed by atoms with E-state index >= 15 is 0 Å². The van der Waals surface area contributed by atoms with Gasteiger partial charge in [-0.15, -0.1) is 0 Å². The second-order valence-electron chi connectivity index (χ2n) is 7.72. The quantitative estimate of drug-likeness (QED) is 0.275. The highest BCUT2D eigenvalue weighted by molar-refractivity contribution is 5.78. The number of hydrogen-bond donors (Lipinski definition) is 2. The fraction of sp³-hybridized carbons (Fsp3) is 0.480. The van der Waals surface area contributed by atoms with Crippen LogP contribution in [0.25, 0.3) is 11.1 Å². The standard InChI is InChI=1S/C25H34N2O5/c26-10-4-12-29-14-15-30-18-24(31-13-5-11-27)25(28)32-17-20-7-3-9-22-21-8-2-1-6-19(21)16-23(20)22/h1-3,6-9,24H,4-5,10-18,26-27H2. The molecule has 0 fully saturated rings. The van der Waals surface area contributed by atoms with Crippen LogP contribution in [0.5, 0.6) is 0 Å². The van der Waals surface area contributed by atoms with Crippen LogP contribution in [0.15, 0.2) is 42.5 Å². The normalized spacial score (nSPS) is 12.9. The molecule has 7 heteroatoms. The average molecular weight is 443 g/mol. The van der Waals surface area contributed by atoms with E-state index in [0.717, 1.165) is 18.4 Å². The van der Waals surface area contributed by atoms with Crippen LogP contribution in [0, 0.1) is 0 Å². The Morgan fingerprint density at radius 3 is 2.47 bits per heavy atom. The molecule has 0 amide bonds. The fourth-order valence-corrected chi connectivity index (χ4v) is 3.69. The van der Waals surface area contributed by atoms with Crippen molar-refractivity contribution in [3.05, 3.63) is 59.2 Å². The van der Waals surface area contributed by atoms with Gasteiger partial charge >= 0.3 is 5.97 Å². The summed E-state index contributed by atoms with van der Waals surface area (Å²) < 4.78 is 22.3. The van der Waals surface area contributed by atoms with Gasteiger partial charge in [0.15, 0.2) is 6.10 Å². The third-order valence-electron chi connectivity index (χ3n) is 5.38. The van der Waals surface area contributed by atoms with Crippen molar-refractivity contribution < 1.29 is 23.7 Å². The minimum absolute atomic E-state index is 0.113. The Labute approximate surface area is 190 Å². The number of esters is 1. The number of benzene rings is 2. The Morgan fingerprint density at radius 1 is 0.875 bits per heavy atom. The van der Waals surface area contributed by atoms with E-state index in [1.165, 1.54) is 22.3 Å². The van der Waals surface area contributed by atoms with Crippen molar-refractivity contribution in [1.82, 2.24) is 0 Å². The Balaban J connectivity index is 1.52. The second-order valence-corrected chi connectivity index (χ2v) is 7.72. The summed E-state index contributed by atoms with van der Waals surface area (Å²) in [6.07, 6.45) is 1.53. The number of carbonyl (C=O) groups is 1. The van der Waals surface area contributed by atoms with E-state index < -0.39 is 12.1 Å². The van der Waals surface area contributed by atoms with Gasteiger partial charge in [-0.2, -0.15) is 0 Å². The number of hydrogen-bond acceptors (Lipinski definition) is 7. The van der Waals surface area contributed by atoms with Gasteiger partial charge in [0.1, 0.15) is 6.61 Å². The first-order valence-corrected chi connectivity index (χ1v) is 11.3. The third kappa shape index (κ3) is 6.85. The molecule has 0 aliphatic heterocycles. The minimum atomic E-state index is -0.792. The summed E-state index contributed by atoms with van der Waals surface area (Å²) in [7, 11) is 0. The van der Waals surface area contributed by atoms with Crippen molar-refractivity contribution in [2.45, 2.75) is 32.0 Å². The largest absolute Gasteiger partial charge is 0.459 e. The lowest BCUT2D eigenvalue weighted by molar-refractivity contribution is -0.163. The first-order chi connectivity index (χ1) is 15.7. The Hall–Kier alpha value is -2.29. The maximum Gasteiger partial charge on any atom is 0.338 e. The highest BCUT2D eigenvalue weighted by atomic mass is 16.6. The summed E-state index contributed by atoms with van der Waals surface area (Å²) >= 11 is 0. The summed E-state index contributed by atoms with van der Waals surface area (Å²) in [6, 6.07) is 14.5. The Bertz CT molecular complexity index is 858. The summed E-state index contributed by atoms with van der Waals surface area (Å²) in [5.74, 6) is -0.431. The SMILES string of the molecule is NCCCOCCOCC(OCCCN)C(=O)OCc1cccc2c1Cc1ccccc1-2. The molecule has 0 bridgehead atoms. The monoisotopic (exact) mass is 442 g/mol. The first kappa shape index (κ1) is 24.4. The zero-order chi connectivity index (χ0) is 22.6. The van der Waals surface area contributed by atoms with Crippen molar-refractivity contribution in [1.29, 1.82) is 0 Å². The van der Waals surface area contributed by atoms with Gasteiger partial charge in [-0.05, 0) is 60.2 Å². The molecule has 1 atom stereocenters. The van der Waals surface area contributed by atoms with Crippen LogP contribution in [0.3, 0.4) is 0 Å². The lowest BCUT2D eigenvalue weighted by Crippen LogP contribution is -2.32. The Morgan fingerprint density at radius 2 is 1.62 bits per heavy atom. The summed E-state index contributed by atoms with van der Waals surface area (Å²) in [5, 5.41) is 0. The van der Waals surface area contributed by atoms with Crippen molar-refractivity contribution in [3.8, 4) is 11.1 Å². The van der Waals surface area contributed by atoms with Crippen molar-refractivity contribution >= 4 is 5.97 Å². The number of rotatable bonds is 15. The molecule has 0 saturated heterocycles. The molecule has 32 heavy (non-hydrogen) atoms. The smallest absolute Gasteiger partial charge is 0.338 e. The van der Waals surface area contributed by atoms with E-state index in [1.807, 2.05) is 18.2 Å². The number of ether oxygens (including phenoxy) is 4. The molecular weight excluding hydrogens is 408 g/mol. The predicted octanol–water partition coefficient (Wildman–Crippen LogP) is 2.42. The lowest BCUT2D eigenvalue weighted by Gasteiger charge is -2.18. The number of nitrogens with two attached hydrogens (primary N) is 2. The summed E-state index contributed by atoms with van der Waals surface area (Å²) in [5.41, 5.74) is 17.0. The highest BCUT2D eigenvalue weighted by Crippen LogP contribution is 2.38. The molecule has 0 saturated carbocycles. The number of fused-ring (bicyclic) bond motifs is 3. The molecule has 1 aliphatic carbocycles. The van der Waals surface area contributed by atoms with Gasteiger partial charge in [0, 0.05) is 13.2 Å². The molecule has 2 aromatic carbocycles. The van der Waals surface area contributed by atoms with E-state index in [0.29, 0.717) is 45.9 Å². The van der Waals surface area contributed by atoms with Gasteiger partial charge < -0.3 is 30.4 Å². The van der Waals surface area contributed by atoms with Crippen LogP contribution < -0.4 is 11.5 Å². The van der Waals surface area contributed by atoms with E-state index in [2.05, 4.69) is 24.3 Å². The topological polar surface area (TPSA) is 106 Å². The average Bonchev–Trinajstić information content (AvgIpc) is 3.20. The Kier molecular flexibility index (Phi) is 10.1. The second kappa shape index (κ2) is 13.3. The maximum absolute atomic E-state index is 12.7. The molecule has 0 heterocycles. The zero-order valence-corrected chi connectivity index (χ0v) is 18.6. The van der Waals surface area contributed by atoms with Crippen LogP contribution >= 0.6 is 0 Å². The molecule has 1 aliphatic rings. The zero-order valence-electron chi connectivity index (χ0n) is 18.6. The molecule has 174 valence electrons. The third-order valence-corrected chi connectivity index (χ3v) is 5.38. The molecule has 3 rings (SSSR count). The maximum atomic E-state index is 12.7. The van der Waals surface area contributed by atoms with Gasteiger partial charge in [-0.3, -0.25) is 0 Å². The molecule has 0 radical (unpaired) electrons. The van der Waals surface area contributed by atoms with Crippen molar-refractivity contribution in [2.24, 2.45) is 11.5 Å². The number of carbonyl (C=O) groups excluding carboxylic acids is 1. The van der Waals surface area contributed by atoms with E-state index in [1.54, 1.807) is 0 Å². The molecule has 7 nitrogen and oxygen atoms in total. The molecule has 0 aromatic heterocycles. The van der Waals surface area contributed by atoms with E-state index in [-0.39, 0.29) is 13.2 Å². The molecule has 4 N–H and O–H groups in total. The van der Waals surface area contributed by atoms with Crippen molar-refractivity contribution in [3.63, 3.8) is 0 Å². The summed E-state index contributed by atoms with van der Waals surface area (Å²) in [4.78, 5) is 12.7. The van der Waals surface area contributed by atoms with E-state index in [9.17, 15) is 4.79 Å². The lowest BCUT2D eigenvalue weighted by atomic mass is 10.0. The van der Waals surface area contributed by atoms with Gasteiger partial charge in [-0.25, -0.2) is 4.79 Å². The van der Waals surface area contributed by atoms with E-state index in [4.69, 9.17) is 30.4 Å². The van der Waals surface area contributed by atoms with Gasteiger partial charge in [0.25, 0.3) is 0 Å². The van der Waals surface area contributed by atoms with Crippen LogP contribution in [-0.2, 0) is 36.8 Å². The molecular formula is C25H34N2O5.